The highest BCUT2D eigenvalue weighted by atomic mass is 16.5. The molecule has 0 aromatic carbocycles. The van der Waals surface area contributed by atoms with Gasteiger partial charge in [-0.2, -0.15) is 0 Å². The van der Waals surface area contributed by atoms with Crippen LogP contribution in [0.2, 0.25) is 0 Å². The Morgan fingerprint density at radius 2 is 2.16 bits per heavy atom. The van der Waals surface area contributed by atoms with Crippen LogP contribution in [0.25, 0.3) is 0 Å². The molecule has 0 fully saturated rings. The fourth-order valence-electron chi connectivity index (χ4n) is 1.38. The zero-order valence-electron chi connectivity index (χ0n) is 10.8. The number of nitrogens with one attached hydrogen (secondary N) is 2. The number of nitrogens with two attached hydrogens (primary N) is 1. The topological polar surface area (TPSA) is 106 Å². The minimum atomic E-state index is -0.315. The van der Waals surface area contributed by atoms with E-state index in [-0.39, 0.29) is 24.8 Å². The Kier molecular flexibility index (Phi) is 6.31. The maximum atomic E-state index is 11.7. The summed E-state index contributed by atoms with van der Waals surface area (Å²) in [5, 5.41) is 5.28. The summed E-state index contributed by atoms with van der Waals surface area (Å²) >= 11 is 0. The monoisotopic (exact) mass is 266 g/mol. The fraction of sp³-hybridized carbons (Fsp3) is 0.417. The molecule has 0 saturated carbocycles. The average molecular weight is 266 g/mol. The van der Waals surface area contributed by atoms with E-state index in [1.54, 1.807) is 7.11 Å². The number of nitrogen functional groups attached to an aromatic ring is 1. The smallest absolute Gasteiger partial charge is 0.253 e. The Hall–Kier alpha value is -2.15. The van der Waals surface area contributed by atoms with Gasteiger partial charge in [-0.1, -0.05) is 0 Å². The second-order valence-electron chi connectivity index (χ2n) is 3.81. The van der Waals surface area contributed by atoms with Gasteiger partial charge in [-0.25, -0.2) is 0 Å². The van der Waals surface area contributed by atoms with Crippen LogP contribution >= 0.6 is 0 Å². The first-order chi connectivity index (χ1) is 9.15. The second-order valence-corrected chi connectivity index (χ2v) is 3.81. The molecule has 7 heteroatoms. The van der Waals surface area contributed by atoms with Crippen LogP contribution in [0.3, 0.4) is 0 Å². The lowest BCUT2D eigenvalue weighted by Crippen LogP contribution is -2.32. The summed E-state index contributed by atoms with van der Waals surface area (Å²) in [4.78, 5) is 26.9. The Morgan fingerprint density at radius 1 is 1.37 bits per heavy atom. The zero-order valence-corrected chi connectivity index (χ0v) is 10.8. The Morgan fingerprint density at radius 3 is 2.84 bits per heavy atom. The lowest BCUT2D eigenvalue weighted by atomic mass is 10.2. The molecule has 4 N–H and O–H groups in total. The Bertz CT molecular complexity index is 437. The van der Waals surface area contributed by atoms with Crippen molar-refractivity contribution >= 4 is 17.5 Å². The van der Waals surface area contributed by atoms with Gasteiger partial charge in [-0.15, -0.1) is 0 Å². The summed E-state index contributed by atoms with van der Waals surface area (Å²) in [6.45, 7) is 1.17. The average Bonchev–Trinajstić information content (AvgIpc) is 2.39. The van der Waals surface area contributed by atoms with Crippen LogP contribution < -0.4 is 16.4 Å². The minimum absolute atomic E-state index is 0.139. The SMILES string of the molecule is COCCNC(=O)CCNC(=O)c1ccncc1N. The number of rotatable bonds is 7. The molecule has 19 heavy (non-hydrogen) atoms. The van der Waals surface area contributed by atoms with Crippen LogP contribution in [-0.2, 0) is 9.53 Å². The normalized spacial score (nSPS) is 9.95. The van der Waals surface area contributed by atoms with Crippen LogP contribution in [0.15, 0.2) is 18.5 Å². The highest BCUT2D eigenvalue weighted by molar-refractivity contribution is 5.98. The van der Waals surface area contributed by atoms with Crippen molar-refractivity contribution in [2.75, 3.05) is 32.5 Å². The third kappa shape index (κ3) is 5.35. The van der Waals surface area contributed by atoms with Gasteiger partial charge in [-0.05, 0) is 6.07 Å². The largest absolute Gasteiger partial charge is 0.397 e. The molecule has 1 rings (SSSR count). The maximum Gasteiger partial charge on any atom is 0.253 e. The highest BCUT2D eigenvalue weighted by Crippen LogP contribution is 2.07. The van der Waals surface area contributed by atoms with Gasteiger partial charge < -0.3 is 21.1 Å². The standard InChI is InChI=1S/C12H18N4O3/c1-19-7-6-15-11(17)3-5-16-12(18)9-2-4-14-8-10(9)13/h2,4,8H,3,5-7,13H2,1H3,(H,15,17)(H,16,18). The Labute approximate surface area is 111 Å². The molecule has 1 aromatic rings. The van der Waals surface area contributed by atoms with Gasteiger partial charge in [0.15, 0.2) is 0 Å². The molecule has 7 nitrogen and oxygen atoms in total. The lowest BCUT2D eigenvalue weighted by molar-refractivity contribution is -0.121. The van der Waals surface area contributed by atoms with E-state index in [1.807, 2.05) is 0 Å². The van der Waals surface area contributed by atoms with Gasteiger partial charge in [0.05, 0.1) is 24.1 Å². The van der Waals surface area contributed by atoms with Crippen LogP contribution in [0, 0.1) is 0 Å². The van der Waals surface area contributed by atoms with E-state index >= 15 is 0 Å². The number of anilines is 1. The van der Waals surface area contributed by atoms with Crippen molar-refractivity contribution in [2.24, 2.45) is 0 Å². The number of methoxy groups -OCH3 is 1. The molecule has 0 atom stereocenters. The molecular formula is C12H18N4O3. The molecule has 1 heterocycles. The van der Waals surface area contributed by atoms with E-state index in [4.69, 9.17) is 10.5 Å². The van der Waals surface area contributed by atoms with Crippen LogP contribution in [0.5, 0.6) is 0 Å². The summed E-state index contributed by atoms with van der Waals surface area (Å²) < 4.78 is 4.80. The van der Waals surface area contributed by atoms with Gasteiger partial charge in [0, 0.05) is 32.8 Å². The van der Waals surface area contributed by atoms with Crippen molar-refractivity contribution in [1.29, 1.82) is 0 Å². The zero-order chi connectivity index (χ0) is 14.1. The molecule has 0 spiro atoms. The third-order valence-electron chi connectivity index (χ3n) is 2.36. The van der Waals surface area contributed by atoms with E-state index in [0.717, 1.165) is 0 Å². The van der Waals surface area contributed by atoms with Crippen LogP contribution in [0.4, 0.5) is 5.69 Å². The number of nitrogens with zero attached hydrogens (tertiary/aromatic N) is 1. The van der Waals surface area contributed by atoms with E-state index < -0.39 is 0 Å². The molecule has 104 valence electrons. The number of carbonyl (C=O) groups is 2. The van der Waals surface area contributed by atoms with Crippen molar-refractivity contribution in [3.63, 3.8) is 0 Å². The molecule has 0 aliphatic carbocycles. The number of carbonyl (C=O) groups excluding carboxylic acids is 2. The fourth-order valence-corrected chi connectivity index (χ4v) is 1.38. The van der Waals surface area contributed by atoms with E-state index in [9.17, 15) is 9.59 Å². The molecule has 0 radical (unpaired) electrons. The van der Waals surface area contributed by atoms with Crippen molar-refractivity contribution in [2.45, 2.75) is 6.42 Å². The summed E-state index contributed by atoms with van der Waals surface area (Å²) in [5.41, 5.74) is 6.28. The van der Waals surface area contributed by atoms with E-state index in [2.05, 4.69) is 15.6 Å². The minimum Gasteiger partial charge on any atom is -0.397 e. The third-order valence-corrected chi connectivity index (χ3v) is 2.36. The summed E-state index contributed by atoms with van der Waals surface area (Å²) in [6, 6.07) is 1.53. The summed E-state index contributed by atoms with van der Waals surface area (Å²) in [7, 11) is 1.56. The molecular weight excluding hydrogens is 248 g/mol. The Balaban J connectivity index is 2.28. The quantitative estimate of drug-likeness (QED) is 0.579. The summed E-state index contributed by atoms with van der Waals surface area (Å²) in [5.74, 6) is -0.454. The van der Waals surface area contributed by atoms with Crippen molar-refractivity contribution in [3.05, 3.63) is 24.0 Å². The maximum absolute atomic E-state index is 11.7. The van der Waals surface area contributed by atoms with Crippen molar-refractivity contribution in [1.82, 2.24) is 15.6 Å². The molecule has 2 amide bonds. The van der Waals surface area contributed by atoms with Gasteiger partial charge in [-0.3, -0.25) is 14.6 Å². The predicted molar refractivity (Wildman–Crippen MR) is 70.5 cm³/mol. The number of ether oxygens (including phenoxy) is 1. The van der Waals surface area contributed by atoms with E-state index in [1.165, 1.54) is 18.5 Å². The summed E-state index contributed by atoms with van der Waals surface area (Å²) in [6.07, 6.45) is 3.11. The van der Waals surface area contributed by atoms with Gasteiger partial charge >= 0.3 is 0 Å². The number of hydrogen-bond acceptors (Lipinski definition) is 5. The van der Waals surface area contributed by atoms with Crippen LogP contribution in [0.1, 0.15) is 16.8 Å². The molecule has 0 unspecified atom stereocenters. The molecule has 0 saturated heterocycles. The van der Waals surface area contributed by atoms with Gasteiger partial charge in [0.1, 0.15) is 0 Å². The lowest BCUT2D eigenvalue weighted by Gasteiger charge is -2.07. The highest BCUT2D eigenvalue weighted by Gasteiger charge is 2.09. The predicted octanol–water partition coefficient (Wildman–Crippen LogP) is -0.454. The van der Waals surface area contributed by atoms with Gasteiger partial charge in [0.2, 0.25) is 5.91 Å². The number of hydrogen-bond donors (Lipinski definition) is 3. The molecule has 0 aliphatic rings. The number of pyridine rings is 1. The van der Waals surface area contributed by atoms with Crippen molar-refractivity contribution < 1.29 is 14.3 Å². The van der Waals surface area contributed by atoms with Gasteiger partial charge in [0.25, 0.3) is 5.91 Å². The second kappa shape index (κ2) is 8.04. The molecule has 0 aliphatic heterocycles. The molecule has 1 aromatic heterocycles. The number of amides is 2. The number of aromatic nitrogens is 1. The van der Waals surface area contributed by atoms with E-state index in [0.29, 0.717) is 24.4 Å². The van der Waals surface area contributed by atoms with Crippen molar-refractivity contribution in [3.8, 4) is 0 Å². The van der Waals surface area contributed by atoms with Crippen LogP contribution in [-0.4, -0.2) is 43.6 Å². The first-order valence-electron chi connectivity index (χ1n) is 5.88. The first-order valence-corrected chi connectivity index (χ1v) is 5.88. The molecule has 0 bridgehead atoms. The first kappa shape index (κ1) is 14.9.